The molecular formula is C10H14N2O4S. The molecule has 0 aromatic heterocycles. The fourth-order valence-corrected chi connectivity index (χ4v) is 3.09. The minimum absolute atomic E-state index is 0.270. The number of rotatable bonds is 5. The third kappa shape index (κ3) is 3.24. The van der Waals surface area contributed by atoms with Crippen molar-refractivity contribution >= 4 is 15.5 Å². The Morgan fingerprint density at radius 2 is 2.00 bits per heavy atom. The average molecular weight is 258 g/mol. The van der Waals surface area contributed by atoms with Gasteiger partial charge < -0.3 is 5.73 Å². The summed E-state index contributed by atoms with van der Waals surface area (Å²) in [6, 6.07) is 4.77. The van der Waals surface area contributed by atoms with E-state index in [0.29, 0.717) is 6.42 Å². The molecule has 1 atom stereocenters. The van der Waals surface area contributed by atoms with E-state index in [1.54, 1.807) is 6.92 Å². The summed E-state index contributed by atoms with van der Waals surface area (Å²) in [6.45, 7) is 1.76. The number of nitrogens with two attached hydrogens (primary N) is 1. The number of nitro benzene ring substituents is 1. The van der Waals surface area contributed by atoms with E-state index in [9.17, 15) is 18.5 Å². The molecule has 0 spiro atoms. The van der Waals surface area contributed by atoms with Gasteiger partial charge in [-0.2, -0.15) is 0 Å². The highest BCUT2D eigenvalue weighted by molar-refractivity contribution is 7.91. The van der Waals surface area contributed by atoms with E-state index in [4.69, 9.17) is 5.73 Å². The zero-order chi connectivity index (χ0) is 13.1. The van der Waals surface area contributed by atoms with Crippen molar-refractivity contribution in [3.05, 3.63) is 34.4 Å². The van der Waals surface area contributed by atoms with Crippen LogP contribution in [-0.4, -0.2) is 25.1 Å². The molecule has 2 N–H and O–H groups in total. The molecule has 6 nitrogen and oxygen atoms in total. The smallest absolute Gasteiger partial charge is 0.287 e. The minimum atomic E-state index is -3.71. The van der Waals surface area contributed by atoms with E-state index in [0.717, 1.165) is 0 Å². The summed E-state index contributed by atoms with van der Waals surface area (Å²) in [5.74, 6) is -0.283. The molecule has 94 valence electrons. The molecule has 17 heavy (non-hydrogen) atoms. The van der Waals surface area contributed by atoms with Crippen LogP contribution in [0.15, 0.2) is 29.2 Å². The molecule has 0 bridgehead atoms. The van der Waals surface area contributed by atoms with Crippen LogP contribution in [0.5, 0.6) is 0 Å². The standard InChI is InChI=1S/C10H14N2O4S/c1-2-8(11)7-17(15,16)10-6-4-3-5-9(10)12(13)14/h3-6,8H,2,7,11H2,1H3. The molecule has 1 aromatic rings. The molecule has 1 rings (SSSR count). The van der Waals surface area contributed by atoms with Crippen molar-refractivity contribution in [3.8, 4) is 0 Å². The molecule has 0 amide bonds. The van der Waals surface area contributed by atoms with Gasteiger partial charge in [-0.25, -0.2) is 8.42 Å². The summed E-state index contributed by atoms with van der Waals surface area (Å²) in [4.78, 5) is 9.76. The maximum Gasteiger partial charge on any atom is 0.287 e. The van der Waals surface area contributed by atoms with E-state index < -0.39 is 26.5 Å². The fourth-order valence-electron chi connectivity index (χ4n) is 1.36. The van der Waals surface area contributed by atoms with Crippen LogP contribution < -0.4 is 5.73 Å². The molecule has 0 saturated carbocycles. The third-order valence-electron chi connectivity index (χ3n) is 2.35. The summed E-state index contributed by atoms with van der Waals surface area (Å²) in [5.41, 5.74) is 5.17. The van der Waals surface area contributed by atoms with Gasteiger partial charge in [0.15, 0.2) is 9.84 Å². The molecule has 1 unspecified atom stereocenters. The number of para-hydroxylation sites is 1. The SMILES string of the molecule is CCC(N)CS(=O)(=O)c1ccccc1[N+](=O)[O-]. The topological polar surface area (TPSA) is 103 Å². The first kappa shape index (κ1) is 13.6. The lowest BCUT2D eigenvalue weighted by Gasteiger charge is -2.09. The van der Waals surface area contributed by atoms with Crippen LogP contribution >= 0.6 is 0 Å². The highest BCUT2D eigenvalue weighted by atomic mass is 32.2. The van der Waals surface area contributed by atoms with Crippen LogP contribution in [0.25, 0.3) is 0 Å². The van der Waals surface area contributed by atoms with Crippen molar-refractivity contribution in [1.29, 1.82) is 0 Å². The molecule has 0 radical (unpaired) electrons. The van der Waals surface area contributed by atoms with Crippen molar-refractivity contribution in [2.75, 3.05) is 5.75 Å². The highest BCUT2D eigenvalue weighted by Crippen LogP contribution is 2.24. The Labute approximate surface area is 99.5 Å². The van der Waals surface area contributed by atoms with Crippen molar-refractivity contribution in [2.24, 2.45) is 5.73 Å². The van der Waals surface area contributed by atoms with Gasteiger partial charge in [-0.05, 0) is 12.5 Å². The lowest BCUT2D eigenvalue weighted by molar-refractivity contribution is -0.387. The van der Waals surface area contributed by atoms with E-state index in [1.165, 1.54) is 24.3 Å². The van der Waals surface area contributed by atoms with Crippen molar-refractivity contribution in [1.82, 2.24) is 0 Å². The van der Waals surface area contributed by atoms with Gasteiger partial charge >= 0.3 is 0 Å². The second-order valence-electron chi connectivity index (χ2n) is 3.67. The molecule has 7 heteroatoms. The molecule has 0 heterocycles. The molecule has 0 fully saturated rings. The number of hydrogen-bond acceptors (Lipinski definition) is 5. The third-order valence-corrected chi connectivity index (χ3v) is 4.24. The van der Waals surface area contributed by atoms with Gasteiger partial charge in [-0.15, -0.1) is 0 Å². The van der Waals surface area contributed by atoms with Gasteiger partial charge in [0.05, 0.1) is 10.7 Å². The van der Waals surface area contributed by atoms with E-state index in [1.807, 2.05) is 0 Å². The Morgan fingerprint density at radius 3 is 2.53 bits per heavy atom. The largest absolute Gasteiger partial charge is 0.327 e. The van der Waals surface area contributed by atoms with Gasteiger partial charge in [-0.1, -0.05) is 19.1 Å². The first-order valence-electron chi connectivity index (χ1n) is 5.10. The molecular weight excluding hydrogens is 244 g/mol. The lowest BCUT2D eigenvalue weighted by Crippen LogP contribution is -2.29. The first-order valence-corrected chi connectivity index (χ1v) is 6.75. The molecule has 1 aromatic carbocycles. The Kier molecular flexibility index (Phi) is 4.19. The number of hydrogen-bond donors (Lipinski definition) is 1. The van der Waals surface area contributed by atoms with Crippen LogP contribution in [-0.2, 0) is 9.84 Å². The Hall–Kier alpha value is -1.47. The van der Waals surface area contributed by atoms with Crippen LogP contribution in [0.2, 0.25) is 0 Å². The summed E-state index contributed by atoms with van der Waals surface area (Å²) >= 11 is 0. The second-order valence-corrected chi connectivity index (χ2v) is 5.68. The monoisotopic (exact) mass is 258 g/mol. The zero-order valence-corrected chi connectivity index (χ0v) is 10.2. The maximum atomic E-state index is 11.9. The van der Waals surface area contributed by atoms with Gasteiger partial charge in [0.25, 0.3) is 5.69 Å². The number of sulfone groups is 1. The normalized spacial score (nSPS) is 13.3. The lowest BCUT2D eigenvalue weighted by atomic mass is 10.3. The molecule has 0 aliphatic carbocycles. The zero-order valence-electron chi connectivity index (χ0n) is 9.37. The summed E-state index contributed by atoms with van der Waals surface area (Å²) in [6.07, 6.45) is 0.500. The number of nitrogens with zero attached hydrogens (tertiary/aromatic N) is 1. The average Bonchev–Trinajstić information content (AvgIpc) is 2.28. The number of nitro groups is 1. The fraction of sp³-hybridized carbons (Fsp3) is 0.400. The van der Waals surface area contributed by atoms with Gasteiger partial charge in [0, 0.05) is 12.1 Å². The Balaban J connectivity index is 3.20. The summed E-state index contributed by atoms with van der Waals surface area (Å²) in [5, 5.41) is 10.7. The number of benzene rings is 1. The van der Waals surface area contributed by atoms with E-state index in [2.05, 4.69) is 0 Å². The van der Waals surface area contributed by atoms with Gasteiger partial charge in [0.1, 0.15) is 4.90 Å². The minimum Gasteiger partial charge on any atom is -0.327 e. The predicted molar refractivity (Wildman–Crippen MR) is 63.4 cm³/mol. The van der Waals surface area contributed by atoms with Gasteiger partial charge in [-0.3, -0.25) is 10.1 Å². The quantitative estimate of drug-likeness (QED) is 0.629. The summed E-state index contributed by atoms with van der Waals surface area (Å²) in [7, 11) is -3.71. The van der Waals surface area contributed by atoms with Crippen molar-refractivity contribution in [2.45, 2.75) is 24.3 Å². The molecule has 0 aliphatic rings. The predicted octanol–water partition coefficient (Wildman–Crippen LogP) is 1.11. The van der Waals surface area contributed by atoms with Gasteiger partial charge in [0.2, 0.25) is 0 Å². The van der Waals surface area contributed by atoms with E-state index >= 15 is 0 Å². The summed E-state index contributed by atoms with van der Waals surface area (Å²) < 4.78 is 23.9. The molecule has 0 aliphatic heterocycles. The van der Waals surface area contributed by atoms with Crippen LogP contribution in [0.1, 0.15) is 13.3 Å². The Morgan fingerprint density at radius 1 is 1.41 bits per heavy atom. The van der Waals surface area contributed by atoms with Crippen LogP contribution in [0, 0.1) is 10.1 Å². The second kappa shape index (κ2) is 5.24. The van der Waals surface area contributed by atoms with Crippen molar-refractivity contribution in [3.63, 3.8) is 0 Å². The van der Waals surface area contributed by atoms with Crippen LogP contribution in [0.3, 0.4) is 0 Å². The maximum absolute atomic E-state index is 11.9. The Bertz CT molecular complexity index is 513. The van der Waals surface area contributed by atoms with Crippen molar-refractivity contribution < 1.29 is 13.3 Å². The van der Waals surface area contributed by atoms with Crippen LogP contribution in [0.4, 0.5) is 5.69 Å². The highest BCUT2D eigenvalue weighted by Gasteiger charge is 2.26. The first-order chi connectivity index (χ1) is 7.88. The molecule has 0 saturated heterocycles. The van der Waals surface area contributed by atoms with E-state index in [-0.39, 0.29) is 10.6 Å².